The van der Waals surface area contributed by atoms with Gasteiger partial charge < -0.3 is 4.90 Å². The molecule has 0 saturated carbocycles. The Kier molecular flexibility index (Phi) is 1.98. The number of fused-ring (bicyclic) bond motifs is 1. The number of hydrogen-bond acceptors (Lipinski definition) is 3. The summed E-state index contributed by atoms with van der Waals surface area (Å²) in [4.78, 5) is 2.73. The molecule has 3 nitrogen and oxygen atoms in total. The molecule has 0 spiro atoms. The molecule has 0 fully saturated rings. The standard InChI is InChI=1S/C9H13NO2S/c1-10-6-7-13(11,12)9-5-3-2-4-8(9)10/h2-5,11-12H,6-7H2,1H3. The summed E-state index contributed by atoms with van der Waals surface area (Å²) >= 11 is 0. The molecule has 1 aliphatic rings. The van der Waals surface area contributed by atoms with Crippen LogP contribution in [0.5, 0.6) is 0 Å². The Morgan fingerprint density at radius 1 is 1.31 bits per heavy atom. The van der Waals surface area contributed by atoms with Crippen LogP contribution in [0.2, 0.25) is 0 Å². The zero-order chi connectivity index (χ0) is 9.47. The molecule has 0 amide bonds. The predicted octanol–water partition coefficient (Wildman–Crippen LogP) is 2.25. The monoisotopic (exact) mass is 199 g/mol. The zero-order valence-corrected chi connectivity index (χ0v) is 8.29. The molecular formula is C9H13NO2S. The fourth-order valence-electron chi connectivity index (χ4n) is 1.54. The molecule has 0 aromatic heterocycles. The number of para-hydroxylation sites is 1. The van der Waals surface area contributed by atoms with Crippen molar-refractivity contribution in [2.45, 2.75) is 4.90 Å². The third-order valence-corrected chi connectivity index (χ3v) is 4.14. The maximum absolute atomic E-state index is 9.76. The Balaban J connectivity index is 2.55. The lowest BCUT2D eigenvalue weighted by Crippen LogP contribution is -2.29. The molecule has 72 valence electrons. The molecule has 1 aromatic rings. The van der Waals surface area contributed by atoms with E-state index < -0.39 is 10.6 Å². The SMILES string of the molecule is CN1CCS(O)(O)c2ccccc21. The average Bonchev–Trinajstić information content (AvgIpc) is 2.13. The first kappa shape index (κ1) is 8.87. The van der Waals surface area contributed by atoms with Crippen molar-refractivity contribution in [3.05, 3.63) is 24.3 Å². The lowest BCUT2D eigenvalue weighted by atomic mass is 10.3. The molecule has 0 atom stereocenters. The number of nitrogens with zero attached hydrogens (tertiary/aromatic N) is 1. The van der Waals surface area contributed by atoms with Crippen LogP contribution in [0.25, 0.3) is 0 Å². The van der Waals surface area contributed by atoms with Gasteiger partial charge in [-0.2, -0.15) is 10.6 Å². The lowest BCUT2D eigenvalue weighted by molar-refractivity contribution is 0.483. The van der Waals surface area contributed by atoms with E-state index in [2.05, 4.69) is 0 Å². The molecule has 1 aromatic carbocycles. The largest absolute Gasteiger partial charge is 0.371 e. The second-order valence-electron chi connectivity index (χ2n) is 3.26. The highest BCUT2D eigenvalue weighted by atomic mass is 32.3. The highest BCUT2D eigenvalue weighted by Gasteiger charge is 2.26. The van der Waals surface area contributed by atoms with Crippen molar-refractivity contribution in [2.75, 3.05) is 24.2 Å². The van der Waals surface area contributed by atoms with E-state index in [-0.39, 0.29) is 0 Å². The summed E-state index contributed by atoms with van der Waals surface area (Å²) in [6.45, 7) is 0.708. The first-order chi connectivity index (χ1) is 6.11. The van der Waals surface area contributed by atoms with Crippen molar-refractivity contribution >= 4 is 16.3 Å². The zero-order valence-electron chi connectivity index (χ0n) is 7.47. The van der Waals surface area contributed by atoms with Crippen molar-refractivity contribution in [3.8, 4) is 0 Å². The minimum absolute atomic E-state index is 0.445. The molecule has 0 bridgehead atoms. The molecule has 0 radical (unpaired) electrons. The van der Waals surface area contributed by atoms with Crippen LogP contribution in [0.4, 0.5) is 5.69 Å². The first-order valence-corrected chi connectivity index (χ1v) is 5.89. The van der Waals surface area contributed by atoms with Crippen LogP contribution < -0.4 is 4.90 Å². The predicted molar refractivity (Wildman–Crippen MR) is 55.7 cm³/mol. The molecule has 2 N–H and O–H groups in total. The quantitative estimate of drug-likeness (QED) is 0.673. The third kappa shape index (κ3) is 1.41. The third-order valence-electron chi connectivity index (χ3n) is 2.34. The van der Waals surface area contributed by atoms with Gasteiger partial charge in [-0.05, 0) is 12.1 Å². The van der Waals surface area contributed by atoms with E-state index in [9.17, 15) is 9.11 Å². The minimum Gasteiger partial charge on any atom is -0.371 e. The van der Waals surface area contributed by atoms with Gasteiger partial charge in [0.25, 0.3) is 0 Å². The van der Waals surface area contributed by atoms with Crippen molar-refractivity contribution in [1.29, 1.82) is 0 Å². The summed E-state index contributed by atoms with van der Waals surface area (Å²) in [6.07, 6.45) is 0. The van der Waals surface area contributed by atoms with E-state index in [0.717, 1.165) is 5.69 Å². The molecule has 0 aliphatic carbocycles. The van der Waals surface area contributed by atoms with Gasteiger partial charge in [-0.25, -0.2) is 0 Å². The number of benzene rings is 1. The van der Waals surface area contributed by atoms with Gasteiger partial charge in [0.15, 0.2) is 0 Å². The van der Waals surface area contributed by atoms with Gasteiger partial charge in [-0.3, -0.25) is 9.11 Å². The molecule has 1 heterocycles. The molecule has 0 unspecified atom stereocenters. The highest BCUT2D eigenvalue weighted by Crippen LogP contribution is 2.54. The first-order valence-electron chi connectivity index (χ1n) is 4.17. The lowest BCUT2D eigenvalue weighted by Gasteiger charge is -2.41. The van der Waals surface area contributed by atoms with Crippen LogP contribution in [-0.4, -0.2) is 28.5 Å². The van der Waals surface area contributed by atoms with E-state index in [1.54, 1.807) is 6.07 Å². The van der Waals surface area contributed by atoms with Crippen LogP contribution in [0.3, 0.4) is 0 Å². The van der Waals surface area contributed by atoms with Crippen LogP contribution in [-0.2, 0) is 0 Å². The Bertz CT molecular complexity index is 327. The molecule has 13 heavy (non-hydrogen) atoms. The Morgan fingerprint density at radius 3 is 2.69 bits per heavy atom. The summed E-state index contributed by atoms with van der Waals surface area (Å²) in [7, 11) is -0.551. The number of hydrogen-bond donors (Lipinski definition) is 2. The Labute approximate surface area is 79.3 Å². The van der Waals surface area contributed by atoms with E-state index >= 15 is 0 Å². The summed E-state index contributed by atoms with van der Waals surface area (Å²) in [5.74, 6) is 0.445. The number of rotatable bonds is 0. The number of anilines is 1. The van der Waals surface area contributed by atoms with Crippen molar-refractivity contribution in [2.24, 2.45) is 0 Å². The van der Waals surface area contributed by atoms with Crippen molar-refractivity contribution in [3.63, 3.8) is 0 Å². The van der Waals surface area contributed by atoms with Crippen LogP contribution in [0.15, 0.2) is 29.2 Å². The van der Waals surface area contributed by atoms with Crippen LogP contribution in [0, 0.1) is 0 Å². The maximum atomic E-state index is 9.76. The van der Waals surface area contributed by atoms with Gasteiger partial charge in [0.05, 0.1) is 16.3 Å². The van der Waals surface area contributed by atoms with E-state index in [1.165, 1.54) is 0 Å². The second-order valence-corrected chi connectivity index (χ2v) is 5.44. The van der Waals surface area contributed by atoms with E-state index in [0.29, 0.717) is 17.2 Å². The fraction of sp³-hybridized carbons (Fsp3) is 0.333. The smallest absolute Gasteiger partial charge is 0.0817 e. The maximum Gasteiger partial charge on any atom is 0.0817 e. The van der Waals surface area contributed by atoms with Crippen molar-refractivity contribution in [1.82, 2.24) is 0 Å². The van der Waals surface area contributed by atoms with Gasteiger partial charge in [0.2, 0.25) is 0 Å². The Morgan fingerprint density at radius 2 is 2.00 bits per heavy atom. The molecular weight excluding hydrogens is 186 g/mol. The average molecular weight is 199 g/mol. The fourth-order valence-corrected chi connectivity index (χ4v) is 3.15. The minimum atomic E-state index is -2.52. The summed E-state index contributed by atoms with van der Waals surface area (Å²) in [5, 5.41) is 0. The van der Waals surface area contributed by atoms with Crippen molar-refractivity contribution < 1.29 is 9.11 Å². The summed E-state index contributed by atoms with van der Waals surface area (Å²) < 4.78 is 19.5. The molecule has 1 aliphatic heterocycles. The summed E-state index contributed by atoms with van der Waals surface area (Å²) in [6, 6.07) is 7.46. The molecule has 0 saturated heterocycles. The van der Waals surface area contributed by atoms with Gasteiger partial charge in [-0.15, -0.1) is 0 Å². The van der Waals surface area contributed by atoms with Crippen LogP contribution in [0.1, 0.15) is 0 Å². The van der Waals surface area contributed by atoms with Gasteiger partial charge >= 0.3 is 0 Å². The molecule has 2 rings (SSSR count). The second kappa shape index (κ2) is 2.90. The normalized spacial score (nSPS) is 22.2. The topological polar surface area (TPSA) is 43.7 Å². The van der Waals surface area contributed by atoms with Crippen LogP contribution >= 0.6 is 10.6 Å². The van der Waals surface area contributed by atoms with Gasteiger partial charge in [0.1, 0.15) is 0 Å². The highest BCUT2D eigenvalue weighted by molar-refractivity contribution is 8.24. The molecule has 4 heteroatoms. The van der Waals surface area contributed by atoms with E-state index in [1.807, 2.05) is 30.1 Å². The Hall–Kier alpha value is -0.710. The van der Waals surface area contributed by atoms with E-state index in [4.69, 9.17) is 0 Å². The van der Waals surface area contributed by atoms with Gasteiger partial charge in [-0.1, -0.05) is 12.1 Å². The van der Waals surface area contributed by atoms with Gasteiger partial charge in [0, 0.05) is 13.6 Å². The summed E-state index contributed by atoms with van der Waals surface area (Å²) in [5.41, 5.74) is 0.939.